The predicted molar refractivity (Wildman–Crippen MR) is 127 cm³/mol. The monoisotopic (exact) mass is 452 g/mol. The van der Waals surface area contributed by atoms with Gasteiger partial charge in [-0.1, -0.05) is 42.5 Å². The third kappa shape index (κ3) is 3.48. The smallest absolute Gasteiger partial charge is 0.311 e. The zero-order valence-electron chi connectivity index (χ0n) is 18.2. The summed E-state index contributed by atoms with van der Waals surface area (Å²) < 4.78 is 21.1. The second-order valence-corrected chi connectivity index (χ2v) is 8.81. The van der Waals surface area contributed by atoms with Gasteiger partial charge in [0, 0.05) is 22.6 Å². The summed E-state index contributed by atoms with van der Waals surface area (Å²) in [5.74, 6) is -0.618. The van der Waals surface area contributed by atoms with E-state index in [1.165, 1.54) is 17.2 Å². The molecule has 0 atom stereocenters. The topological polar surface area (TPSA) is 79.1 Å². The van der Waals surface area contributed by atoms with Gasteiger partial charge in [-0.2, -0.15) is 0 Å². The highest BCUT2D eigenvalue weighted by molar-refractivity contribution is 5.84. The Morgan fingerprint density at radius 3 is 2.59 bits per heavy atom. The number of furan rings is 1. The molecule has 0 bridgehead atoms. The molecule has 5 aromatic rings. The SMILES string of the molecule is O=C(O)Cc1nc(-c2ccc(-c3cc4cc(C5(c6ccccc6)CC5)ccc4o3)c(F)c2)c[nH]1. The minimum Gasteiger partial charge on any atom is -0.481 e. The molecular formula is C28H21FN2O3. The number of carboxylic acid groups (broad SMARTS) is 1. The Kier molecular flexibility index (Phi) is 4.62. The van der Waals surface area contributed by atoms with Crippen LogP contribution in [0.25, 0.3) is 33.6 Å². The number of fused-ring (bicyclic) bond motifs is 1. The number of halogens is 1. The largest absolute Gasteiger partial charge is 0.481 e. The number of carboxylic acids is 1. The van der Waals surface area contributed by atoms with Crippen molar-refractivity contribution in [1.29, 1.82) is 0 Å². The van der Waals surface area contributed by atoms with Crippen LogP contribution in [0.1, 0.15) is 29.8 Å². The number of aromatic nitrogens is 2. The van der Waals surface area contributed by atoms with Crippen molar-refractivity contribution in [2.75, 3.05) is 0 Å². The highest BCUT2D eigenvalue weighted by atomic mass is 19.1. The Morgan fingerprint density at radius 1 is 1.03 bits per heavy atom. The normalized spacial score (nSPS) is 14.4. The molecule has 2 N–H and O–H groups in total. The van der Waals surface area contributed by atoms with Crippen LogP contribution in [0.5, 0.6) is 0 Å². The van der Waals surface area contributed by atoms with Gasteiger partial charge in [0.05, 0.1) is 11.3 Å². The Labute approximate surface area is 194 Å². The Hall–Kier alpha value is -4.19. The van der Waals surface area contributed by atoms with E-state index in [9.17, 15) is 4.79 Å². The molecule has 2 heterocycles. The number of nitrogens with zero attached hydrogens (tertiary/aromatic N) is 1. The van der Waals surface area contributed by atoms with Crippen LogP contribution in [0.15, 0.2) is 83.4 Å². The van der Waals surface area contributed by atoms with Gasteiger partial charge < -0.3 is 14.5 Å². The van der Waals surface area contributed by atoms with Gasteiger partial charge in [0.25, 0.3) is 0 Å². The van der Waals surface area contributed by atoms with E-state index >= 15 is 4.39 Å². The first kappa shape index (κ1) is 20.4. The molecule has 0 amide bonds. The summed E-state index contributed by atoms with van der Waals surface area (Å²) in [6.45, 7) is 0. The quantitative estimate of drug-likeness (QED) is 0.315. The molecule has 1 fully saturated rings. The first-order valence-electron chi connectivity index (χ1n) is 11.2. The van der Waals surface area contributed by atoms with Gasteiger partial charge in [-0.25, -0.2) is 9.37 Å². The number of imidazole rings is 1. The Balaban J connectivity index is 1.32. The van der Waals surface area contributed by atoms with Crippen molar-refractivity contribution in [3.8, 4) is 22.6 Å². The minimum atomic E-state index is -0.980. The second-order valence-electron chi connectivity index (χ2n) is 8.81. The average Bonchev–Trinajstić information content (AvgIpc) is 3.33. The fraction of sp³-hybridized carbons (Fsp3) is 0.143. The van der Waals surface area contributed by atoms with Crippen molar-refractivity contribution in [3.05, 3.63) is 102 Å². The van der Waals surface area contributed by atoms with Crippen LogP contribution in [0.4, 0.5) is 4.39 Å². The number of aliphatic carboxylic acids is 1. The number of carbonyl (C=O) groups is 1. The van der Waals surface area contributed by atoms with Gasteiger partial charge in [-0.3, -0.25) is 4.79 Å². The molecule has 2 aromatic heterocycles. The van der Waals surface area contributed by atoms with Crippen molar-refractivity contribution in [2.24, 2.45) is 0 Å². The fourth-order valence-electron chi connectivity index (χ4n) is 4.72. The molecule has 0 aliphatic heterocycles. The maximum atomic E-state index is 15.1. The van der Waals surface area contributed by atoms with Gasteiger partial charge in [-0.15, -0.1) is 0 Å². The first-order valence-corrected chi connectivity index (χ1v) is 11.2. The molecule has 6 rings (SSSR count). The summed E-state index contributed by atoms with van der Waals surface area (Å²) in [5, 5.41) is 9.85. The van der Waals surface area contributed by atoms with Crippen LogP contribution in [0, 0.1) is 5.82 Å². The summed E-state index contributed by atoms with van der Waals surface area (Å²) in [5.41, 5.74) is 4.78. The summed E-state index contributed by atoms with van der Waals surface area (Å²) >= 11 is 0. The molecule has 1 aliphatic carbocycles. The van der Waals surface area contributed by atoms with E-state index in [0.717, 1.165) is 23.8 Å². The van der Waals surface area contributed by atoms with Crippen molar-refractivity contribution < 1.29 is 18.7 Å². The maximum Gasteiger partial charge on any atom is 0.311 e. The molecule has 1 saturated carbocycles. The van der Waals surface area contributed by atoms with Crippen LogP contribution in [-0.4, -0.2) is 21.0 Å². The van der Waals surface area contributed by atoms with Gasteiger partial charge in [0.1, 0.15) is 29.4 Å². The van der Waals surface area contributed by atoms with Crippen molar-refractivity contribution in [2.45, 2.75) is 24.7 Å². The standard InChI is InChI=1S/C28H21FN2O3/c29-22-13-17(23-16-30-26(31-23)15-27(32)33)6-8-21(22)25-14-18-12-20(7-9-24(18)34-25)28(10-11-28)19-4-2-1-3-5-19/h1-9,12-14,16H,10-11,15H2,(H,30,31)(H,32,33). The lowest BCUT2D eigenvalue weighted by molar-refractivity contribution is -0.136. The number of hydrogen-bond acceptors (Lipinski definition) is 3. The highest BCUT2D eigenvalue weighted by Crippen LogP contribution is 2.54. The minimum absolute atomic E-state index is 0.0584. The number of hydrogen-bond donors (Lipinski definition) is 2. The number of H-pyrrole nitrogens is 1. The molecule has 5 nitrogen and oxygen atoms in total. The summed E-state index contributed by atoms with van der Waals surface area (Å²) in [6.07, 6.45) is 3.60. The van der Waals surface area contributed by atoms with Gasteiger partial charge in [0.2, 0.25) is 0 Å². The summed E-state index contributed by atoms with van der Waals surface area (Å²) in [4.78, 5) is 17.9. The van der Waals surface area contributed by atoms with Crippen LogP contribution >= 0.6 is 0 Å². The first-order chi connectivity index (χ1) is 16.5. The maximum absolute atomic E-state index is 15.1. The van der Waals surface area contributed by atoms with E-state index in [0.29, 0.717) is 28.4 Å². The fourth-order valence-corrected chi connectivity index (χ4v) is 4.72. The average molecular weight is 452 g/mol. The molecule has 34 heavy (non-hydrogen) atoms. The zero-order valence-corrected chi connectivity index (χ0v) is 18.2. The van der Waals surface area contributed by atoms with E-state index in [1.807, 2.05) is 18.2 Å². The van der Waals surface area contributed by atoms with Crippen LogP contribution in [0.3, 0.4) is 0 Å². The summed E-state index contributed by atoms with van der Waals surface area (Å²) in [6, 6.07) is 23.5. The van der Waals surface area contributed by atoms with Crippen LogP contribution < -0.4 is 0 Å². The molecule has 168 valence electrons. The number of nitrogens with one attached hydrogen (secondary N) is 1. The number of rotatable bonds is 6. The lowest BCUT2D eigenvalue weighted by Gasteiger charge is -2.16. The lowest BCUT2D eigenvalue weighted by Crippen LogP contribution is -2.07. The van der Waals surface area contributed by atoms with Gasteiger partial charge >= 0.3 is 5.97 Å². The van der Waals surface area contributed by atoms with Crippen molar-refractivity contribution in [1.82, 2.24) is 9.97 Å². The zero-order chi connectivity index (χ0) is 23.3. The van der Waals surface area contributed by atoms with Crippen molar-refractivity contribution >= 4 is 16.9 Å². The molecular weight excluding hydrogens is 431 g/mol. The molecule has 0 spiro atoms. The molecule has 0 radical (unpaired) electrons. The number of benzene rings is 3. The van der Waals surface area contributed by atoms with Crippen molar-refractivity contribution in [3.63, 3.8) is 0 Å². The number of aromatic amines is 1. The molecule has 0 saturated heterocycles. The van der Waals surface area contributed by atoms with E-state index in [1.54, 1.807) is 18.3 Å². The Morgan fingerprint density at radius 2 is 1.85 bits per heavy atom. The molecule has 1 aliphatic rings. The van der Waals surface area contributed by atoms with E-state index in [-0.39, 0.29) is 11.8 Å². The van der Waals surface area contributed by atoms with Gasteiger partial charge in [0.15, 0.2) is 0 Å². The third-order valence-corrected chi connectivity index (χ3v) is 6.63. The molecule has 6 heteroatoms. The van der Waals surface area contributed by atoms with E-state index < -0.39 is 11.8 Å². The van der Waals surface area contributed by atoms with Gasteiger partial charge in [-0.05, 0) is 54.3 Å². The Bertz CT molecular complexity index is 1530. The molecule has 0 unspecified atom stereocenters. The van der Waals surface area contributed by atoms with E-state index in [2.05, 4.69) is 46.4 Å². The van der Waals surface area contributed by atoms with Crippen LogP contribution in [0.2, 0.25) is 0 Å². The van der Waals surface area contributed by atoms with Crippen LogP contribution in [-0.2, 0) is 16.6 Å². The third-order valence-electron chi connectivity index (χ3n) is 6.63. The van der Waals surface area contributed by atoms with E-state index in [4.69, 9.17) is 9.52 Å². The highest BCUT2D eigenvalue weighted by Gasteiger charge is 2.45. The summed E-state index contributed by atoms with van der Waals surface area (Å²) in [7, 11) is 0. The predicted octanol–water partition coefficient (Wildman–Crippen LogP) is 6.34. The lowest BCUT2D eigenvalue weighted by atomic mass is 9.87. The second kappa shape index (κ2) is 7.70. The molecule has 3 aromatic carbocycles.